The van der Waals surface area contributed by atoms with E-state index >= 15 is 0 Å². The summed E-state index contributed by atoms with van der Waals surface area (Å²) in [5, 5.41) is 6.63. The highest BCUT2D eigenvalue weighted by Crippen LogP contribution is 2.31. The van der Waals surface area contributed by atoms with Crippen molar-refractivity contribution < 1.29 is 4.79 Å². The standard InChI is InChI=1S/C20H29ClN4O/c1-5-6-7-14(2)13-23-20(26)19-18(21)17(12-15(3)24-19)25(4)16-8-10-22-11-9-16/h6-7,12,16,22H,2,5,8-11,13H2,1,3-4H3,(H,23,26)/b7-6+. The summed E-state index contributed by atoms with van der Waals surface area (Å²) in [5.74, 6) is -0.273. The fourth-order valence-corrected chi connectivity index (χ4v) is 3.37. The number of allylic oxidation sites excluding steroid dienone is 1. The number of aromatic nitrogens is 1. The van der Waals surface area contributed by atoms with E-state index in [1.165, 1.54) is 0 Å². The number of piperidine rings is 1. The van der Waals surface area contributed by atoms with E-state index in [-0.39, 0.29) is 11.6 Å². The smallest absolute Gasteiger partial charge is 0.271 e. The summed E-state index contributed by atoms with van der Waals surface area (Å²) in [6.45, 7) is 10.2. The van der Waals surface area contributed by atoms with Gasteiger partial charge in [-0.1, -0.05) is 37.3 Å². The van der Waals surface area contributed by atoms with Crippen molar-refractivity contribution in [1.29, 1.82) is 0 Å². The molecule has 6 heteroatoms. The van der Waals surface area contributed by atoms with E-state index in [0.717, 1.165) is 49.3 Å². The summed E-state index contributed by atoms with van der Waals surface area (Å²) in [6.07, 6.45) is 6.98. The molecule has 0 aliphatic carbocycles. The van der Waals surface area contributed by atoms with Crippen molar-refractivity contribution in [1.82, 2.24) is 15.6 Å². The highest BCUT2D eigenvalue weighted by molar-refractivity contribution is 6.36. The third kappa shape index (κ3) is 5.32. The fraction of sp³-hybridized carbons (Fsp3) is 0.500. The molecule has 2 rings (SSSR count). The van der Waals surface area contributed by atoms with Crippen LogP contribution in [0.15, 0.2) is 30.4 Å². The predicted molar refractivity (Wildman–Crippen MR) is 109 cm³/mol. The van der Waals surface area contributed by atoms with Crippen molar-refractivity contribution in [3.05, 3.63) is 46.8 Å². The molecule has 0 saturated carbocycles. The number of amides is 1. The summed E-state index contributed by atoms with van der Waals surface area (Å²) < 4.78 is 0. The first-order chi connectivity index (χ1) is 12.4. The molecule has 2 N–H and O–H groups in total. The van der Waals surface area contributed by atoms with Gasteiger partial charge >= 0.3 is 0 Å². The van der Waals surface area contributed by atoms with Crippen LogP contribution in [0.3, 0.4) is 0 Å². The van der Waals surface area contributed by atoms with Gasteiger partial charge in [-0.2, -0.15) is 0 Å². The first-order valence-electron chi connectivity index (χ1n) is 9.17. The highest BCUT2D eigenvalue weighted by atomic mass is 35.5. The van der Waals surface area contributed by atoms with Crippen molar-refractivity contribution >= 4 is 23.2 Å². The van der Waals surface area contributed by atoms with Gasteiger partial charge in [0.1, 0.15) is 5.69 Å². The van der Waals surface area contributed by atoms with Crippen LogP contribution in [0.4, 0.5) is 5.69 Å². The molecule has 0 spiro atoms. The molecule has 0 unspecified atom stereocenters. The molecule has 5 nitrogen and oxygen atoms in total. The minimum Gasteiger partial charge on any atom is -0.370 e. The maximum atomic E-state index is 12.6. The Hall–Kier alpha value is -1.85. The fourth-order valence-electron chi connectivity index (χ4n) is 3.06. The molecule has 0 radical (unpaired) electrons. The van der Waals surface area contributed by atoms with Crippen LogP contribution in [0.25, 0.3) is 0 Å². The number of nitrogens with zero attached hydrogens (tertiary/aromatic N) is 2. The SMILES string of the molecule is C=C(/C=C/CC)CNC(=O)c1nc(C)cc(N(C)C2CCNCC2)c1Cl. The van der Waals surface area contributed by atoms with Crippen molar-refractivity contribution in [2.24, 2.45) is 0 Å². The van der Waals surface area contributed by atoms with Crippen molar-refractivity contribution in [2.75, 3.05) is 31.6 Å². The number of nitrogens with one attached hydrogen (secondary N) is 2. The first-order valence-corrected chi connectivity index (χ1v) is 9.55. The van der Waals surface area contributed by atoms with Crippen LogP contribution in [0, 0.1) is 6.92 Å². The van der Waals surface area contributed by atoms with E-state index in [9.17, 15) is 4.79 Å². The molecule has 1 aromatic rings. The minimum absolute atomic E-state index is 0.273. The number of pyridine rings is 1. The number of aryl methyl sites for hydroxylation is 1. The van der Waals surface area contributed by atoms with Crippen LogP contribution in [0.1, 0.15) is 42.4 Å². The lowest BCUT2D eigenvalue weighted by Crippen LogP contribution is -2.41. The Bertz CT molecular complexity index is 681. The van der Waals surface area contributed by atoms with E-state index in [1.807, 2.05) is 32.2 Å². The van der Waals surface area contributed by atoms with E-state index in [1.54, 1.807) is 0 Å². The zero-order chi connectivity index (χ0) is 19.1. The Morgan fingerprint density at radius 3 is 2.85 bits per heavy atom. The van der Waals surface area contributed by atoms with E-state index in [0.29, 0.717) is 17.6 Å². The molecule has 1 fully saturated rings. The molecular formula is C20H29ClN4O. The quantitative estimate of drug-likeness (QED) is 0.715. The van der Waals surface area contributed by atoms with E-state index in [2.05, 4.69) is 34.0 Å². The van der Waals surface area contributed by atoms with E-state index < -0.39 is 0 Å². The van der Waals surface area contributed by atoms with Gasteiger partial charge in [0.15, 0.2) is 0 Å². The average molecular weight is 377 g/mol. The largest absolute Gasteiger partial charge is 0.370 e. The number of anilines is 1. The number of carbonyl (C=O) groups is 1. The summed E-state index contributed by atoms with van der Waals surface area (Å²) >= 11 is 6.57. The van der Waals surface area contributed by atoms with Crippen LogP contribution in [0.2, 0.25) is 5.02 Å². The van der Waals surface area contributed by atoms with Crippen LogP contribution < -0.4 is 15.5 Å². The maximum absolute atomic E-state index is 12.6. The Labute approximate surface area is 161 Å². The molecule has 0 atom stereocenters. The van der Waals surface area contributed by atoms with Crippen molar-refractivity contribution in [3.8, 4) is 0 Å². The lowest BCUT2D eigenvalue weighted by atomic mass is 10.0. The number of hydrogen-bond acceptors (Lipinski definition) is 4. The average Bonchev–Trinajstić information content (AvgIpc) is 2.66. The molecule has 1 aromatic heterocycles. The summed E-state index contributed by atoms with van der Waals surface area (Å²) in [7, 11) is 2.04. The van der Waals surface area contributed by atoms with Gasteiger partial charge in [-0.05, 0) is 50.9 Å². The van der Waals surface area contributed by atoms with Gasteiger partial charge in [0.05, 0.1) is 10.7 Å². The van der Waals surface area contributed by atoms with Crippen LogP contribution in [-0.4, -0.2) is 43.6 Å². The molecule has 26 heavy (non-hydrogen) atoms. The minimum atomic E-state index is -0.273. The first kappa shape index (κ1) is 20.5. The van der Waals surface area contributed by atoms with Crippen LogP contribution in [0.5, 0.6) is 0 Å². The molecule has 1 aliphatic heterocycles. The van der Waals surface area contributed by atoms with Gasteiger partial charge in [-0.15, -0.1) is 0 Å². The Morgan fingerprint density at radius 2 is 2.19 bits per heavy atom. The molecule has 142 valence electrons. The number of carbonyl (C=O) groups excluding carboxylic acids is 1. The second kappa shape index (κ2) is 9.74. The molecule has 1 amide bonds. The molecule has 1 aliphatic rings. The summed E-state index contributed by atoms with van der Waals surface area (Å²) in [6, 6.07) is 2.36. The second-order valence-electron chi connectivity index (χ2n) is 6.69. The van der Waals surface area contributed by atoms with Gasteiger partial charge in [0, 0.05) is 25.3 Å². The van der Waals surface area contributed by atoms with Crippen molar-refractivity contribution in [3.63, 3.8) is 0 Å². The second-order valence-corrected chi connectivity index (χ2v) is 7.07. The Kier molecular flexibility index (Phi) is 7.66. The van der Waals surface area contributed by atoms with Gasteiger partial charge in [0.2, 0.25) is 0 Å². The zero-order valence-electron chi connectivity index (χ0n) is 15.9. The third-order valence-electron chi connectivity index (χ3n) is 4.58. The highest BCUT2D eigenvalue weighted by Gasteiger charge is 2.23. The molecule has 2 heterocycles. The van der Waals surface area contributed by atoms with E-state index in [4.69, 9.17) is 11.6 Å². The van der Waals surface area contributed by atoms with Gasteiger partial charge in [-0.25, -0.2) is 4.98 Å². The Balaban J connectivity index is 2.16. The number of rotatable bonds is 7. The van der Waals surface area contributed by atoms with Gasteiger partial charge < -0.3 is 15.5 Å². The molecule has 0 bridgehead atoms. The number of hydrogen-bond donors (Lipinski definition) is 2. The lowest BCUT2D eigenvalue weighted by Gasteiger charge is -2.34. The number of halogens is 1. The Morgan fingerprint density at radius 1 is 1.50 bits per heavy atom. The van der Waals surface area contributed by atoms with Gasteiger partial charge in [-0.3, -0.25) is 4.79 Å². The van der Waals surface area contributed by atoms with Crippen molar-refractivity contribution in [2.45, 2.75) is 39.2 Å². The third-order valence-corrected chi connectivity index (χ3v) is 4.96. The zero-order valence-corrected chi connectivity index (χ0v) is 16.7. The van der Waals surface area contributed by atoms with Gasteiger partial charge in [0.25, 0.3) is 5.91 Å². The van der Waals surface area contributed by atoms with Crippen LogP contribution in [-0.2, 0) is 0 Å². The monoisotopic (exact) mass is 376 g/mol. The topological polar surface area (TPSA) is 57.3 Å². The normalized spacial score (nSPS) is 15.2. The molecule has 0 aromatic carbocycles. The summed E-state index contributed by atoms with van der Waals surface area (Å²) in [5.41, 5.74) is 2.76. The predicted octanol–water partition coefficient (Wildman–Crippen LogP) is 3.48. The lowest BCUT2D eigenvalue weighted by molar-refractivity contribution is 0.0952. The molecule has 1 saturated heterocycles. The summed E-state index contributed by atoms with van der Waals surface area (Å²) in [4.78, 5) is 19.1. The molecular weight excluding hydrogens is 348 g/mol. The van der Waals surface area contributed by atoms with Crippen LogP contribution >= 0.6 is 11.6 Å². The maximum Gasteiger partial charge on any atom is 0.271 e.